The first-order valence-corrected chi connectivity index (χ1v) is 11.7. The third kappa shape index (κ3) is 4.49. The lowest BCUT2D eigenvalue weighted by atomic mass is 10.2. The van der Waals surface area contributed by atoms with Gasteiger partial charge in [0.15, 0.2) is 5.82 Å². The maximum Gasteiger partial charge on any atom is 0.255 e. The smallest absolute Gasteiger partial charge is 0.255 e. The lowest BCUT2D eigenvalue weighted by molar-refractivity contribution is 0.0943. The molecular formula is C20H26N4O5S. The number of methoxy groups -OCH3 is 1. The van der Waals surface area contributed by atoms with Gasteiger partial charge in [-0.15, -0.1) is 0 Å². The highest BCUT2D eigenvalue weighted by Gasteiger charge is 2.29. The number of amides is 1. The third-order valence-corrected chi connectivity index (χ3v) is 7.34. The van der Waals surface area contributed by atoms with Crippen LogP contribution in [-0.4, -0.2) is 49.0 Å². The molecule has 1 aliphatic heterocycles. The first-order valence-electron chi connectivity index (χ1n) is 10.3. The fourth-order valence-electron chi connectivity index (χ4n) is 3.55. The molecular weight excluding hydrogens is 408 g/mol. The van der Waals surface area contributed by atoms with Gasteiger partial charge in [-0.05, 0) is 43.9 Å². The van der Waals surface area contributed by atoms with Gasteiger partial charge in [-0.1, -0.05) is 18.0 Å². The quantitative estimate of drug-likeness (QED) is 0.712. The average Bonchev–Trinajstić information content (AvgIpc) is 3.55. The first kappa shape index (κ1) is 20.8. The van der Waals surface area contributed by atoms with Gasteiger partial charge < -0.3 is 14.6 Å². The number of ether oxygens (including phenoxy) is 1. The van der Waals surface area contributed by atoms with Crippen LogP contribution < -0.4 is 10.1 Å². The highest BCUT2D eigenvalue weighted by atomic mass is 32.2. The Morgan fingerprint density at radius 1 is 1.23 bits per heavy atom. The summed E-state index contributed by atoms with van der Waals surface area (Å²) in [5, 5.41) is 6.63. The van der Waals surface area contributed by atoms with Crippen molar-refractivity contribution in [3.05, 3.63) is 35.5 Å². The lowest BCUT2D eigenvalue weighted by Crippen LogP contribution is -2.32. The van der Waals surface area contributed by atoms with Crippen molar-refractivity contribution in [2.75, 3.05) is 20.2 Å². The molecule has 1 saturated heterocycles. The molecule has 1 saturated carbocycles. The molecule has 2 heterocycles. The summed E-state index contributed by atoms with van der Waals surface area (Å²) in [5.74, 6) is 1.18. The van der Waals surface area contributed by atoms with E-state index in [0.29, 0.717) is 36.5 Å². The molecule has 0 radical (unpaired) electrons. The maximum atomic E-state index is 13.1. The number of benzene rings is 1. The van der Waals surface area contributed by atoms with Crippen molar-refractivity contribution in [1.29, 1.82) is 0 Å². The summed E-state index contributed by atoms with van der Waals surface area (Å²) in [4.78, 5) is 17.1. The molecule has 2 aliphatic rings. The second kappa shape index (κ2) is 8.73. The van der Waals surface area contributed by atoms with Crippen molar-refractivity contribution in [3.8, 4) is 5.75 Å². The molecule has 9 nitrogen and oxygen atoms in total. The van der Waals surface area contributed by atoms with E-state index in [1.165, 1.54) is 29.6 Å². The Hall–Kier alpha value is -2.46. The second-order valence-corrected chi connectivity index (χ2v) is 9.62. The molecule has 1 aromatic carbocycles. The van der Waals surface area contributed by atoms with Crippen LogP contribution in [0.15, 0.2) is 27.6 Å². The van der Waals surface area contributed by atoms with Gasteiger partial charge in [0.2, 0.25) is 15.9 Å². The molecule has 10 heteroatoms. The molecule has 1 aromatic heterocycles. The van der Waals surface area contributed by atoms with Crippen molar-refractivity contribution in [1.82, 2.24) is 19.8 Å². The number of nitrogens with one attached hydrogen (secondary N) is 1. The summed E-state index contributed by atoms with van der Waals surface area (Å²) in [7, 11) is -2.24. The molecule has 2 aromatic rings. The van der Waals surface area contributed by atoms with E-state index in [1.54, 1.807) is 0 Å². The number of carbonyl (C=O) groups excluding carboxylic acids is 1. The van der Waals surface area contributed by atoms with Crippen LogP contribution in [0.1, 0.15) is 66.5 Å². The van der Waals surface area contributed by atoms with Crippen LogP contribution in [0, 0.1) is 0 Å². The molecule has 0 unspecified atom stereocenters. The fraction of sp³-hybridized carbons (Fsp3) is 0.550. The number of carbonyl (C=O) groups is 1. The van der Waals surface area contributed by atoms with Crippen LogP contribution in [0.25, 0.3) is 0 Å². The Kier molecular flexibility index (Phi) is 6.05. The summed E-state index contributed by atoms with van der Waals surface area (Å²) in [6, 6.07) is 4.37. The average molecular weight is 435 g/mol. The van der Waals surface area contributed by atoms with Gasteiger partial charge in [-0.25, -0.2) is 8.42 Å². The molecule has 2 fully saturated rings. The standard InChI is InChI=1S/C20H26N4O5S/c1-28-17-9-8-15(30(26,27)24-10-4-2-3-5-11-24)12-16(17)20(25)21-13-18-22-19(23-29-18)14-6-7-14/h8-9,12,14H,2-7,10-11,13H2,1H3,(H,21,25). The van der Waals surface area contributed by atoms with Crippen molar-refractivity contribution >= 4 is 15.9 Å². The number of nitrogens with zero attached hydrogens (tertiary/aromatic N) is 3. The van der Waals surface area contributed by atoms with E-state index in [-0.39, 0.29) is 17.0 Å². The summed E-state index contributed by atoms with van der Waals surface area (Å²) in [5.41, 5.74) is 0.148. The lowest BCUT2D eigenvalue weighted by Gasteiger charge is -2.20. The van der Waals surface area contributed by atoms with E-state index in [0.717, 1.165) is 38.5 Å². The van der Waals surface area contributed by atoms with Gasteiger partial charge in [0.25, 0.3) is 5.91 Å². The fourth-order valence-corrected chi connectivity index (χ4v) is 5.10. The monoisotopic (exact) mass is 434 g/mol. The van der Waals surface area contributed by atoms with Gasteiger partial charge in [-0.2, -0.15) is 9.29 Å². The highest BCUT2D eigenvalue weighted by molar-refractivity contribution is 7.89. The van der Waals surface area contributed by atoms with Gasteiger partial charge >= 0.3 is 0 Å². The predicted molar refractivity (Wildman–Crippen MR) is 108 cm³/mol. The maximum absolute atomic E-state index is 13.1. The molecule has 30 heavy (non-hydrogen) atoms. The second-order valence-electron chi connectivity index (χ2n) is 7.68. The zero-order chi connectivity index (χ0) is 21.1. The van der Waals surface area contributed by atoms with Crippen molar-refractivity contribution < 1.29 is 22.5 Å². The first-order chi connectivity index (χ1) is 14.5. The predicted octanol–water partition coefficient (Wildman–Crippen LogP) is 2.45. The van der Waals surface area contributed by atoms with Crippen LogP contribution in [0.5, 0.6) is 5.75 Å². The van der Waals surface area contributed by atoms with Crippen LogP contribution in [-0.2, 0) is 16.6 Å². The van der Waals surface area contributed by atoms with Crippen molar-refractivity contribution in [3.63, 3.8) is 0 Å². The van der Waals surface area contributed by atoms with Gasteiger partial charge in [0.1, 0.15) is 5.75 Å². The highest BCUT2D eigenvalue weighted by Crippen LogP contribution is 2.38. The van der Waals surface area contributed by atoms with E-state index in [9.17, 15) is 13.2 Å². The van der Waals surface area contributed by atoms with E-state index >= 15 is 0 Å². The molecule has 162 valence electrons. The molecule has 1 N–H and O–H groups in total. The largest absolute Gasteiger partial charge is 0.496 e. The topological polar surface area (TPSA) is 115 Å². The summed E-state index contributed by atoms with van der Waals surface area (Å²) in [6.45, 7) is 1.05. The Bertz CT molecular complexity index is 1010. The summed E-state index contributed by atoms with van der Waals surface area (Å²) < 4.78 is 38.1. The van der Waals surface area contributed by atoms with Crippen LogP contribution >= 0.6 is 0 Å². The third-order valence-electron chi connectivity index (χ3n) is 5.44. The minimum atomic E-state index is -3.68. The molecule has 1 amide bonds. The Balaban J connectivity index is 1.51. The zero-order valence-corrected chi connectivity index (χ0v) is 17.8. The van der Waals surface area contributed by atoms with Crippen LogP contribution in [0.3, 0.4) is 0 Å². The van der Waals surface area contributed by atoms with Crippen molar-refractivity contribution in [2.24, 2.45) is 0 Å². The number of sulfonamides is 1. The van der Waals surface area contributed by atoms with Gasteiger partial charge in [0, 0.05) is 19.0 Å². The number of hydrogen-bond acceptors (Lipinski definition) is 7. The zero-order valence-electron chi connectivity index (χ0n) is 17.0. The minimum absolute atomic E-state index is 0.0603. The van der Waals surface area contributed by atoms with Crippen LogP contribution in [0.4, 0.5) is 0 Å². The molecule has 0 atom stereocenters. The SMILES string of the molecule is COc1ccc(S(=O)(=O)N2CCCCCC2)cc1C(=O)NCc1nc(C2CC2)no1. The Morgan fingerprint density at radius 2 is 1.97 bits per heavy atom. The Labute approximate surface area is 175 Å². The molecule has 0 bridgehead atoms. The van der Waals surface area contributed by atoms with E-state index in [2.05, 4.69) is 15.5 Å². The normalized spacial score (nSPS) is 18.0. The van der Waals surface area contributed by atoms with Gasteiger partial charge in [-0.3, -0.25) is 4.79 Å². The van der Waals surface area contributed by atoms with Crippen molar-refractivity contribution in [2.45, 2.75) is 55.9 Å². The summed E-state index contributed by atoms with van der Waals surface area (Å²) in [6.07, 6.45) is 5.86. The van der Waals surface area contributed by atoms with E-state index in [1.807, 2.05) is 0 Å². The number of aromatic nitrogens is 2. The molecule has 4 rings (SSSR count). The Morgan fingerprint density at radius 3 is 2.63 bits per heavy atom. The molecule has 1 aliphatic carbocycles. The number of rotatable bonds is 7. The number of hydrogen-bond donors (Lipinski definition) is 1. The van der Waals surface area contributed by atoms with Gasteiger partial charge in [0.05, 0.1) is 24.1 Å². The summed E-state index contributed by atoms with van der Waals surface area (Å²) >= 11 is 0. The minimum Gasteiger partial charge on any atom is -0.496 e. The van der Waals surface area contributed by atoms with E-state index in [4.69, 9.17) is 9.26 Å². The van der Waals surface area contributed by atoms with E-state index < -0.39 is 15.9 Å². The molecule has 0 spiro atoms. The van der Waals surface area contributed by atoms with Crippen LogP contribution in [0.2, 0.25) is 0 Å².